The molecule has 2 aromatic heterocycles. The summed E-state index contributed by atoms with van der Waals surface area (Å²) >= 11 is 6.38. The van der Waals surface area contributed by atoms with Crippen molar-refractivity contribution in [3.8, 4) is 11.3 Å². The molecule has 0 radical (unpaired) electrons. The van der Waals surface area contributed by atoms with Crippen molar-refractivity contribution in [2.24, 2.45) is 5.92 Å². The fraction of sp³-hybridized carbons (Fsp3) is 0.250. The maximum Gasteiger partial charge on any atom is 0.261 e. The van der Waals surface area contributed by atoms with Gasteiger partial charge in [-0.05, 0) is 25.1 Å². The average molecular weight is 517 g/mol. The molecule has 0 bridgehead atoms. The monoisotopic (exact) mass is 516 g/mol. The molecule has 1 saturated heterocycles. The molecular weight excluding hydrogens is 492 g/mol. The fourth-order valence-corrected chi connectivity index (χ4v) is 3.89. The molecule has 9 nitrogen and oxygen atoms in total. The van der Waals surface area contributed by atoms with E-state index in [1.54, 1.807) is 0 Å². The van der Waals surface area contributed by atoms with Gasteiger partial charge in [0.15, 0.2) is 5.82 Å². The van der Waals surface area contributed by atoms with E-state index in [4.69, 9.17) is 20.6 Å². The van der Waals surface area contributed by atoms with E-state index in [1.807, 2.05) is 66.2 Å². The number of carbonyl (C=O) groups excluding carboxylic acids is 1. The number of hydrogen-bond donors (Lipinski definition) is 3. The van der Waals surface area contributed by atoms with E-state index >= 15 is 0 Å². The van der Waals surface area contributed by atoms with E-state index in [-0.39, 0.29) is 11.8 Å². The second-order valence-corrected chi connectivity index (χ2v) is 10.3. The Kier molecular flexibility index (Phi) is 7.27. The van der Waals surface area contributed by atoms with Crippen LogP contribution in [0.15, 0.2) is 59.0 Å². The molecule has 1 fully saturated rings. The normalized spacial score (nSPS) is 13.7. The van der Waals surface area contributed by atoms with Gasteiger partial charge in [0, 0.05) is 46.4 Å². The topological polar surface area (TPSA) is 126 Å². The highest BCUT2D eigenvalue weighted by Crippen LogP contribution is 2.32. The van der Waals surface area contributed by atoms with E-state index in [9.17, 15) is 13.2 Å². The van der Waals surface area contributed by atoms with Crippen molar-refractivity contribution in [2.75, 3.05) is 24.7 Å². The maximum atomic E-state index is 12.2. The number of benzene rings is 2. The second-order valence-electron chi connectivity index (χ2n) is 8.37. The molecular formula is C24H25ClN4O5S. The number of nitrogens with zero attached hydrogens (tertiary/aromatic N) is 2. The van der Waals surface area contributed by atoms with Gasteiger partial charge in [-0.1, -0.05) is 41.9 Å². The number of halogens is 1. The number of rotatable bonds is 5. The van der Waals surface area contributed by atoms with Crippen molar-refractivity contribution < 1.29 is 22.2 Å². The maximum absolute atomic E-state index is 12.2. The molecule has 0 unspecified atom stereocenters. The molecule has 0 saturated carbocycles. The minimum Gasteiger partial charge on any atom is -0.456 e. The van der Waals surface area contributed by atoms with Gasteiger partial charge in [0.25, 0.3) is 10.1 Å². The van der Waals surface area contributed by atoms with Crippen LogP contribution in [0.5, 0.6) is 0 Å². The van der Waals surface area contributed by atoms with Crippen LogP contribution in [0.4, 0.5) is 5.82 Å². The molecule has 0 atom stereocenters. The molecule has 1 aliphatic heterocycles. The van der Waals surface area contributed by atoms with Crippen LogP contribution in [-0.2, 0) is 21.5 Å². The van der Waals surface area contributed by atoms with Crippen LogP contribution in [-0.4, -0.2) is 48.0 Å². The quantitative estimate of drug-likeness (QED) is 0.342. The van der Waals surface area contributed by atoms with Crippen LogP contribution in [0.2, 0.25) is 5.02 Å². The first-order chi connectivity index (χ1) is 16.6. The molecule has 4 aromatic rings. The number of anilines is 1. The number of nitrogens with one attached hydrogen (secondary N) is 2. The van der Waals surface area contributed by atoms with E-state index in [2.05, 4.69) is 15.7 Å². The third-order valence-corrected chi connectivity index (χ3v) is 5.64. The zero-order valence-electron chi connectivity index (χ0n) is 19.2. The average Bonchev–Trinajstić information content (AvgIpc) is 3.29. The Hall–Kier alpha value is -3.18. The highest BCUT2D eigenvalue weighted by molar-refractivity contribution is 7.85. The zero-order chi connectivity index (χ0) is 25.2. The summed E-state index contributed by atoms with van der Waals surface area (Å²) in [7, 11) is -3.67. The van der Waals surface area contributed by atoms with Crippen LogP contribution in [0, 0.1) is 12.8 Å². The highest BCUT2D eigenvalue weighted by Gasteiger charge is 2.25. The van der Waals surface area contributed by atoms with Gasteiger partial charge in [0.05, 0.1) is 18.7 Å². The summed E-state index contributed by atoms with van der Waals surface area (Å²) < 4.78 is 33.9. The fourth-order valence-electron chi connectivity index (χ4n) is 3.64. The predicted octanol–water partition coefficient (Wildman–Crippen LogP) is 3.97. The minimum absolute atomic E-state index is 0.00193. The number of amides is 1. The minimum atomic E-state index is -3.67. The largest absolute Gasteiger partial charge is 0.456 e. The first-order valence-corrected chi connectivity index (χ1v) is 13.1. The Morgan fingerprint density at radius 1 is 1.23 bits per heavy atom. The van der Waals surface area contributed by atoms with Crippen LogP contribution >= 0.6 is 11.6 Å². The van der Waals surface area contributed by atoms with Gasteiger partial charge in [0.1, 0.15) is 11.3 Å². The molecule has 2 aromatic carbocycles. The predicted molar refractivity (Wildman–Crippen MR) is 135 cm³/mol. The summed E-state index contributed by atoms with van der Waals surface area (Å²) in [5, 5.41) is 12.2. The Labute approximate surface area is 207 Å². The van der Waals surface area contributed by atoms with E-state index < -0.39 is 10.1 Å². The Bertz CT molecular complexity index is 1450. The lowest BCUT2D eigenvalue weighted by molar-refractivity contribution is -0.121. The van der Waals surface area contributed by atoms with Crippen LogP contribution in [0.3, 0.4) is 0 Å². The summed E-state index contributed by atoms with van der Waals surface area (Å²) in [6.45, 7) is 3.89. The lowest BCUT2D eigenvalue weighted by Gasteiger charge is -2.25. The standard InChI is InChI=1S/C23H21ClN4O2.CH4O3S/c1-14-7-21(26-23(29)18-11-25-12-18)27-28(14)13-17-9-19(24)8-16-10-20(30-22(16)17)15-5-3-2-4-6-15;1-5(2,3)4/h2-10,18,25H,11-13H2,1H3,(H,26,27,29);1H3,(H,2,3,4). The molecule has 1 aliphatic rings. The van der Waals surface area contributed by atoms with Gasteiger partial charge in [-0.15, -0.1) is 0 Å². The molecule has 1 amide bonds. The molecule has 5 rings (SSSR count). The van der Waals surface area contributed by atoms with Crippen molar-refractivity contribution in [1.82, 2.24) is 15.1 Å². The van der Waals surface area contributed by atoms with Gasteiger partial charge >= 0.3 is 0 Å². The van der Waals surface area contributed by atoms with Gasteiger partial charge in [-0.25, -0.2) is 0 Å². The van der Waals surface area contributed by atoms with Crippen LogP contribution < -0.4 is 10.6 Å². The number of carbonyl (C=O) groups is 1. The van der Waals surface area contributed by atoms with E-state index in [1.165, 1.54) is 0 Å². The van der Waals surface area contributed by atoms with Crippen molar-refractivity contribution in [3.05, 3.63) is 70.9 Å². The highest BCUT2D eigenvalue weighted by atomic mass is 35.5. The van der Waals surface area contributed by atoms with Gasteiger partial charge in [-0.2, -0.15) is 13.5 Å². The lowest BCUT2D eigenvalue weighted by Crippen LogP contribution is -2.48. The Morgan fingerprint density at radius 3 is 2.54 bits per heavy atom. The van der Waals surface area contributed by atoms with Crippen molar-refractivity contribution in [3.63, 3.8) is 0 Å². The number of aromatic nitrogens is 2. The van der Waals surface area contributed by atoms with Gasteiger partial charge in [-0.3, -0.25) is 14.0 Å². The summed E-state index contributed by atoms with van der Waals surface area (Å²) in [5.41, 5.74) is 3.69. The second kappa shape index (κ2) is 10.2. The summed E-state index contributed by atoms with van der Waals surface area (Å²) in [6.07, 6.45) is 0.715. The van der Waals surface area contributed by atoms with E-state index in [0.717, 1.165) is 33.6 Å². The molecule has 3 heterocycles. The molecule has 0 aliphatic carbocycles. The van der Waals surface area contributed by atoms with E-state index in [0.29, 0.717) is 36.7 Å². The zero-order valence-corrected chi connectivity index (χ0v) is 20.7. The smallest absolute Gasteiger partial charge is 0.261 e. The third kappa shape index (κ3) is 6.49. The lowest BCUT2D eigenvalue weighted by atomic mass is 10.0. The van der Waals surface area contributed by atoms with Crippen molar-refractivity contribution >= 4 is 44.4 Å². The third-order valence-electron chi connectivity index (χ3n) is 5.42. The number of furan rings is 1. The van der Waals surface area contributed by atoms with Gasteiger partial charge < -0.3 is 15.1 Å². The first-order valence-electron chi connectivity index (χ1n) is 10.8. The summed E-state index contributed by atoms with van der Waals surface area (Å²) in [4.78, 5) is 12.2. The number of fused-ring (bicyclic) bond motifs is 1. The summed E-state index contributed by atoms with van der Waals surface area (Å²) in [5.74, 6) is 1.38. The molecule has 11 heteroatoms. The molecule has 0 spiro atoms. The Balaban J connectivity index is 0.000000527. The SMILES string of the molecule is CS(=O)(=O)O.Cc1cc(NC(=O)C2CNC2)nn1Cc1cc(Cl)cc2cc(-c3ccccc3)oc12. The molecule has 35 heavy (non-hydrogen) atoms. The number of aryl methyl sites for hydroxylation is 1. The van der Waals surface area contributed by atoms with Crippen LogP contribution in [0.25, 0.3) is 22.3 Å². The Morgan fingerprint density at radius 2 is 1.91 bits per heavy atom. The first kappa shape index (κ1) is 24.9. The molecule has 3 N–H and O–H groups in total. The number of hydrogen-bond acceptors (Lipinski definition) is 6. The summed E-state index contributed by atoms with van der Waals surface area (Å²) in [6, 6.07) is 17.7. The van der Waals surface area contributed by atoms with Crippen LogP contribution in [0.1, 0.15) is 11.3 Å². The van der Waals surface area contributed by atoms with Gasteiger partial charge in [0.2, 0.25) is 5.91 Å². The van der Waals surface area contributed by atoms with Crippen molar-refractivity contribution in [2.45, 2.75) is 13.5 Å². The van der Waals surface area contributed by atoms with Crippen molar-refractivity contribution in [1.29, 1.82) is 0 Å². The molecule has 184 valence electrons.